The molecule has 3 rings (SSSR count). The second-order valence-corrected chi connectivity index (χ2v) is 17.1. The van der Waals surface area contributed by atoms with Crippen LogP contribution < -0.4 is 15.7 Å². The van der Waals surface area contributed by atoms with Crippen LogP contribution in [0.3, 0.4) is 0 Å². The van der Waals surface area contributed by atoms with Gasteiger partial charge >= 0.3 is 6.09 Å². The zero-order valence-electron chi connectivity index (χ0n) is 26.1. The lowest BCUT2D eigenvalue weighted by atomic mass is 9.98. The van der Waals surface area contributed by atoms with Gasteiger partial charge in [-0.05, 0) is 28.3 Å². The van der Waals surface area contributed by atoms with Gasteiger partial charge in [0.2, 0.25) is 0 Å². The van der Waals surface area contributed by atoms with Crippen LogP contribution in [-0.4, -0.2) is 44.4 Å². The minimum Gasteiger partial charge on any atom is -0.443 e. The summed E-state index contributed by atoms with van der Waals surface area (Å²) in [4.78, 5) is 12.5. The van der Waals surface area contributed by atoms with Gasteiger partial charge in [-0.3, -0.25) is 0 Å². The highest BCUT2D eigenvalue weighted by atomic mass is 28.4. The van der Waals surface area contributed by atoms with Crippen molar-refractivity contribution in [3.05, 3.63) is 60.7 Å². The summed E-state index contributed by atoms with van der Waals surface area (Å²) in [6.45, 7) is 9.19. The van der Waals surface area contributed by atoms with E-state index in [4.69, 9.17) is 9.16 Å². The molecule has 0 radical (unpaired) electrons. The highest BCUT2D eigenvalue weighted by molar-refractivity contribution is 6.99. The monoisotopic (exact) mass is 581 g/mol. The summed E-state index contributed by atoms with van der Waals surface area (Å²) in [5, 5.41) is 16.3. The quantitative estimate of drug-likeness (QED) is 0.141. The number of carbonyl (C=O) groups excluding carboxylic acids is 1. The van der Waals surface area contributed by atoms with Crippen molar-refractivity contribution in [2.45, 2.75) is 134 Å². The molecule has 0 unspecified atom stereocenters. The van der Waals surface area contributed by atoms with E-state index in [0.29, 0.717) is 6.42 Å². The molecule has 1 amide bonds. The maximum absolute atomic E-state index is 12.5. The molecule has 2 aromatic rings. The van der Waals surface area contributed by atoms with Crippen molar-refractivity contribution in [1.29, 1.82) is 0 Å². The van der Waals surface area contributed by atoms with Gasteiger partial charge in [0.15, 0.2) is 0 Å². The molecule has 228 valence electrons. The third kappa shape index (κ3) is 9.69. The van der Waals surface area contributed by atoms with Crippen LogP contribution in [0.25, 0.3) is 0 Å². The predicted octanol–water partition coefficient (Wildman–Crippen LogP) is 7.49. The van der Waals surface area contributed by atoms with Gasteiger partial charge in [-0.15, -0.1) is 0 Å². The maximum atomic E-state index is 12.5. The normalized spacial score (nSPS) is 19.5. The standard InChI is InChI=1S/C35H55NO4Si/c1-5-6-7-8-9-10-11-12-13-14-15-22-27-32-33(37)31(36-34(38)40-32)28-39-41(35(2,3)4,29-23-18-16-19-24-29)30-25-20-17-21-26-30/h16-21,23-26,31-33,37H,5-15,22,27-28H2,1-4H3,(H,36,38)/t31-,32-,33-/m0/s1. The fourth-order valence-electron chi connectivity index (χ4n) is 6.27. The van der Waals surface area contributed by atoms with Crippen LogP contribution in [0.15, 0.2) is 60.7 Å². The molecule has 0 saturated carbocycles. The van der Waals surface area contributed by atoms with E-state index >= 15 is 0 Å². The molecule has 41 heavy (non-hydrogen) atoms. The molecule has 0 aliphatic carbocycles. The molecule has 6 heteroatoms. The van der Waals surface area contributed by atoms with Crippen molar-refractivity contribution < 1.29 is 19.1 Å². The van der Waals surface area contributed by atoms with E-state index < -0.39 is 32.7 Å². The van der Waals surface area contributed by atoms with E-state index in [1.165, 1.54) is 74.6 Å². The Balaban J connectivity index is 1.54. The Morgan fingerprint density at radius 1 is 0.780 bits per heavy atom. The van der Waals surface area contributed by atoms with E-state index in [0.717, 1.165) is 12.8 Å². The lowest BCUT2D eigenvalue weighted by Gasteiger charge is -2.44. The Morgan fingerprint density at radius 2 is 1.24 bits per heavy atom. The Kier molecular flexibility index (Phi) is 13.9. The number of hydrogen-bond acceptors (Lipinski definition) is 4. The van der Waals surface area contributed by atoms with E-state index in [9.17, 15) is 9.90 Å². The van der Waals surface area contributed by atoms with Crippen molar-refractivity contribution in [2.24, 2.45) is 0 Å². The number of rotatable bonds is 18. The topological polar surface area (TPSA) is 67.8 Å². The molecule has 1 fully saturated rings. The minimum absolute atomic E-state index is 0.176. The SMILES string of the molecule is CCCCCCCCCCCCCC[C@@H]1OC(=O)N[C@@H](CO[Si](c2ccccc2)(c2ccccc2)C(C)(C)C)[C@@H]1O. The average molecular weight is 582 g/mol. The Hall–Kier alpha value is -2.15. The molecule has 3 atom stereocenters. The minimum atomic E-state index is -2.77. The number of ether oxygens (including phenoxy) is 1. The molecule has 1 aliphatic rings. The van der Waals surface area contributed by atoms with Crippen molar-refractivity contribution >= 4 is 24.8 Å². The summed E-state index contributed by atoms with van der Waals surface area (Å²) < 4.78 is 12.6. The third-order valence-corrected chi connectivity index (χ3v) is 13.6. The van der Waals surface area contributed by atoms with Gasteiger partial charge in [0, 0.05) is 0 Å². The molecule has 2 aromatic carbocycles. The average Bonchev–Trinajstić information content (AvgIpc) is 2.96. The first-order valence-corrected chi connectivity index (χ1v) is 18.1. The van der Waals surface area contributed by atoms with Crippen LogP contribution in [0, 0.1) is 0 Å². The van der Waals surface area contributed by atoms with Crippen LogP contribution in [0.2, 0.25) is 5.04 Å². The van der Waals surface area contributed by atoms with Gasteiger partial charge in [0.1, 0.15) is 12.2 Å². The van der Waals surface area contributed by atoms with Crippen LogP contribution in [-0.2, 0) is 9.16 Å². The number of alkyl carbamates (subject to hydrolysis) is 1. The zero-order chi connectivity index (χ0) is 29.6. The number of unbranched alkanes of at least 4 members (excludes halogenated alkanes) is 11. The number of hydrogen-bond donors (Lipinski definition) is 2. The maximum Gasteiger partial charge on any atom is 0.407 e. The summed E-state index contributed by atoms with van der Waals surface area (Å²) in [5.41, 5.74) is 0. The summed E-state index contributed by atoms with van der Waals surface area (Å²) in [5.74, 6) is 0. The Bertz CT molecular complexity index is 955. The van der Waals surface area contributed by atoms with Crippen LogP contribution in [0.4, 0.5) is 4.79 Å². The molecule has 2 N–H and O–H groups in total. The highest BCUT2D eigenvalue weighted by Gasteiger charge is 2.51. The lowest BCUT2D eigenvalue weighted by molar-refractivity contribution is -0.0553. The zero-order valence-corrected chi connectivity index (χ0v) is 27.1. The first kappa shape index (κ1) is 33.4. The molecular weight excluding hydrogens is 526 g/mol. The number of amides is 1. The second kappa shape index (κ2) is 17.1. The van der Waals surface area contributed by atoms with E-state index in [1.54, 1.807) is 0 Å². The van der Waals surface area contributed by atoms with Gasteiger partial charge < -0.3 is 19.6 Å². The number of nitrogens with one attached hydrogen (secondary N) is 1. The highest BCUT2D eigenvalue weighted by Crippen LogP contribution is 2.37. The van der Waals surface area contributed by atoms with Gasteiger partial charge in [0.05, 0.1) is 12.6 Å². The smallest absolute Gasteiger partial charge is 0.407 e. The lowest BCUT2D eigenvalue weighted by Crippen LogP contribution is -2.68. The van der Waals surface area contributed by atoms with Gasteiger partial charge in [-0.1, -0.05) is 159 Å². The fourth-order valence-corrected chi connectivity index (χ4v) is 10.9. The molecule has 1 heterocycles. The van der Waals surface area contributed by atoms with Gasteiger partial charge in [-0.2, -0.15) is 0 Å². The molecular formula is C35H55NO4Si. The molecule has 0 spiro atoms. The first-order chi connectivity index (χ1) is 19.8. The van der Waals surface area contributed by atoms with Crippen molar-refractivity contribution in [3.63, 3.8) is 0 Å². The number of cyclic esters (lactones) is 1. The predicted molar refractivity (Wildman–Crippen MR) is 172 cm³/mol. The van der Waals surface area contributed by atoms with E-state index in [1.807, 2.05) is 12.1 Å². The Morgan fingerprint density at radius 3 is 1.71 bits per heavy atom. The van der Waals surface area contributed by atoms with Crippen molar-refractivity contribution in [1.82, 2.24) is 5.32 Å². The first-order valence-electron chi connectivity index (χ1n) is 16.2. The molecule has 0 aromatic heterocycles. The summed E-state index contributed by atoms with van der Waals surface area (Å²) in [7, 11) is -2.77. The van der Waals surface area contributed by atoms with Crippen LogP contribution in [0.1, 0.15) is 111 Å². The van der Waals surface area contributed by atoms with Crippen LogP contribution >= 0.6 is 0 Å². The Labute approximate surface area is 250 Å². The summed E-state index contributed by atoms with van der Waals surface area (Å²) >= 11 is 0. The molecule has 1 aliphatic heterocycles. The van der Waals surface area contributed by atoms with E-state index in [2.05, 4.69) is 81.5 Å². The molecule has 0 bridgehead atoms. The number of aliphatic hydroxyl groups is 1. The van der Waals surface area contributed by atoms with Gasteiger partial charge in [0.25, 0.3) is 8.32 Å². The molecule has 1 saturated heterocycles. The van der Waals surface area contributed by atoms with E-state index in [-0.39, 0.29) is 11.6 Å². The largest absolute Gasteiger partial charge is 0.443 e. The van der Waals surface area contributed by atoms with Crippen LogP contribution in [0.5, 0.6) is 0 Å². The second-order valence-electron chi connectivity index (χ2n) is 12.8. The molecule has 5 nitrogen and oxygen atoms in total. The van der Waals surface area contributed by atoms with Crippen molar-refractivity contribution in [2.75, 3.05) is 6.61 Å². The number of carbonyl (C=O) groups is 1. The summed E-state index contributed by atoms with van der Waals surface area (Å²) in [6.07, 6.45) is 14.3. The number of aliphatic hydroxyl groups excluding tert-OH is 1. The van der Waals surface area contributed by atoms with Gasteiger partial charge in [-0.25, -0.2) is 4.79 Å². The third-order valence-electron chi connectivity index (χ3n) is 8.59. The fraction of sp³-hybridized carbons (Fsp3) is 0.629. The van der Waals surface area contributed by atoms with Crippen molar-refractivity contribution in [3.8, 4) is 0 Å². The summed E-state index contributed by atoms with van der Waals surface area (Å²) in [6, 6.07) is 20.4. The number of benzene rings is 2.